The minimum atomic E-state index is -1.03. The molecule has 9 aromatic carbocycles. The predicted molar refractivity (Wildman–Crippen MR) is 302 cm³/mol. The summed E-state index contributed by atoms with van der Waals surface area (Å²) < 4.78 is 0. The molecule has 0 atom stereocenters. The zero-order chi connectivity index (χ0) is 46.3. The summed E-state index contributed by atoms with van der Waals surface area (Å²) in [7, 11) is -3.16. The summed E-state index contributed by atoms with van der Waals surface area (Å²) in [6.07, 6.45) is 2.92. The van der Waals surface area contributed by atoms with Crippen molar-refractivity contribution in [3.05, 3.63) is 268 Å². The van der Waals surface area contributed by atoms with Crippen molar-refractivity contribution in [2.24, 2.45) is 0 Å². The molecule has 0 saturated heterocycles. The van der Waals surface area contributed by atoms with Crippen LogP contribution in [-0.2, 0) is 18.5 Å². The van der Waals surface area contributed by atoms with Crippen LogP contribution in [0, 0.1) is 41.5 Å². The van der Waals surface area contributed by atoms with E-state index in [-0.39, 0.29) is 0 Å². The molecule has 0 N–H and O–H groups in total. The van der Waals surface area contributed by atoms with Crippen LogP contribution in [0.3, 0.4) is 0 Å². The Balaban J connectivity index is 1.26. The highest BCUT2D eigenvalue weighted by molar-refractivity contribution is 7.80. The zero-order valence-electron chi connectivity index (χ0n) is 39.7. The Kier molecular flexibility index (Phi) is 15.2. The average molecular weight is 941 g/mol. The van der Waals surface area contributed by atoms with Crippen molar-refractivity contribution in [1.29, 1.82) is 0 Å². The highest BCUT2D eigenvalue weighted by atomic mass is 31.1. The van der Waals surface area contributed by atoms with E-state index in [1.807, 2.05) is 0 Å². The molecule has 0 amide bonds. The van der Waals surface area contributed by atoms with E-state index >= 15 is 0 Å². The van der Waals surface area contributed by atoms with Gasteiger partial charge in [-0.05, 0) is 171 Å². The lowest BCUT2D eigenvalue weighted by atomic mass is 10.2. The SMILES string of the molecule is Cc1ccccc1P(Cc1ccccc1P(c1ccccc1CP(c1ccccc1C)c1ccccc1C)c1ccccc1CP(c1ccccc1C)c1ccccc1C)c1ccccc1C. The summed E-state index contributed by atoms with van der Waals surface area (Å²) in [5, 5.41) is 13.2. The lowest BCUT2D eigenvalue weighted by Gasteiger charge is -2.31. The minimum Gasteiger partial charge on any atom is -0.0620 e. The fourth-order valence-electron chi connectivity index (χ4n) is 9.59. The Morgan fingerprint density at radius 1 is 0.209 bits per heavy atom. The van der Waals surface area contributed by atoms with Gasteiger partial charge in [-0.3, -0.25) is 0 Å². The quantitative estimate of drug-likeness (QED) is 0.0899. The Morgan fingerprint density at radius 3 is 0.567 bits per heavy atom. The van der Waals surface area contributed by atoms with Gasteiger partial charge in [-0.25, -0.2) is 0 Å². The third kappa shape index (κ3) is 10.4. The van der Waals surface area contributed by atoms with Crippen LogP contribution < -0.4 is 47.7 Å². The van der Waals surface area contributed by atoms with Crippen LogP contribution in [-0.4, -0.2) is 0 Å². The molecule has 0 aliphatic carbocycles. The molecule has 0 spiro atoms. The van der Waals surface area contributed by atoms with E-state index < -0.39 is 31.7 Å². The first kappa shape index (κ1) is 46.8. The van der Waals surface area contributed by atoms with Crippen LogP contribution in [0.2, 0.25) is 0 Å². The molecule has 0 nitrogen and oxygen atoms in total. The first-order chi connectivity index (χ1) is 32.8. The molecule has 0 aliphatic heterocycles. The lowest BCUT2D eigenvalue weighted by molar-refractivity contribution is 1.40. The summed E-state index contributed by atoms with van der Waals surface area (Å²) in [5.41, 5.74) is 12.6. The second-order valence-electron chi connectivity index (χ2n) is 17.7. The molecule has 67 heavy (non-hydrogen) atoms. The molecule has 0 aliphatic rings. The van der Waals surface area contributed by atoms with Gasteiger partial charge in [0.15, 0.2) is 0 Å². The first-order valence-corrected chi connectivity index (χ1v) is 29.4. The largest absolute Gasteiger partial charge is 0.0620 e. The summed E-state index contributed by atoms with van der Waals surface area (Å²) >= 11 is 0. The van der Waals surface area contributed by atoms with E-state index in [0.717, 1.165) is 18.5 Å². The van der Waals surface area contributed by atoms with Gasteiger partial charge in [0, 0.05) is 18.5 Å². The summed E-state index contributed by atoms with van der Waals surface area (Å²) in [6, 6.07) is 83.4. The van der Waals surface area contributed by atoms with Gasteiger partial charge in [-0.15, -0.1) is 0 Å². The standard InChI is InChI=1S/C63H60P4/c1-46-25-7-16-34-55(46)64(56-35-17-8-26-47(56)2)43-52-31-13-22-40-61(52)67(62-41-23-14-32-53(62)44-65(57-36-18-9-27-48(57)3)58-37-19-10-28-49(58)4)63-42-24-15-33-54(63)45-66(59-38-20-11-29-50(59)5)60-39-21-12-30-51(60)6/h7-42H,43-45H2,1-6H3. The fraction of sp³-hybridized carbons (Fsp3) is 0.143. The normalized spacial score (nSPS) is 11.6. The number of aryl methyl sites for hydroxylation is 6. The van der Waals surface area contributed by atoms with Crippen molar-refractivity contribution in [3.63, 3.8) is 0 Å². The van der Waals surface area contributed by atoms with Crippen LogP contribution >= 0.6 is 31.7 Å². The zero-order valence-corrected chi connectivity index (χ0v) is 43.3. The third-order valence-electron chi connectivity index (χ3n) is 13.1. The third-order valence-corrected chi connectivity index (χ3v) is 24.3. The van der Waals surface area contributed by atoms with Crippen molar-refractivity contribution in [2.75, 3.05) is 0 Å². The number of hydrogen-bond acceptors (Lipinski definition) is 0. The minimum absolute atomic E-state index is 0.710. The van der Waals surface area contributed by atoms with Crippen molar-refractivity contribution >= 4 is 79.4 Å². The Morgan fingerprint density at radius 2 is 0.373 bits per heavy atom. The molecule has 0 fully saturated rings. The van der Waals surface area contributed by atoms with Crippen molar-refractivity contribution in [3.8, 4) is 0 Å². The van der Waals surface area contributed by atoms with Crippen molar-refractivity contribution in [1.82, 2.24) is 0 Å². The van der Waals surface area contributed by atoms with Crippen LogP contribution in [0.15, 0.2) is 218 Å². The van der Waals surface area contributed by atoms with Gasteiger partial charge in [0.1, 0.15) is 0 Å². The molecule has 4 heteroatoms. The van der Waals surface area contributed by atoms with E-state index in [0.29, 0.717) is 0 Å². The Labute approximate surface area is 405 Å². The van der Waals surface area contributed by atoms with Crippen LogP contribution in [0.25, 0.3) is 0 Å². The van der Waals surface area contributed by atoms with Crippen molar-refractivity contribution < 1.29 is 0 Å². The van der Waals surface area contributed by atoms with E-state index in [9.17, 15) is 0 Å². The number of hydrogen-bond donors (Lipinski definition) is 0. The molecule has 9 rings (SSSR count). The Bertz CT molecular complexity index is 2660. The van der Waals surface area contributed by atoms with Crippen LogP contribution in [0.1, 0.15) is 50.1 Å². The lowest BCUT2D eigenvalue weighted by Crippen LogP contribution is -2.29. The molecule has 332 valence electrons. The van der Waals surface area contributed by atoms with Gasteiger partial charge in [0.05, 0.1) is 0 Å². The summed E-state index contributed by atoms with van der Waals surface area (Å²) in [6.45, 7) is 13.8. The van der Waals surface area contributed by atoms with Crippen molar-refractivity contribution in [2.45, 2.75) is 60.0 Å². The Hall–Kier alpha value is -5.30. The monoisotopic (exact) mass is 940 g/mol. The maximum Gasteiger partial charge on any atom is 0.00142 e. The van der Waals surface area contributed by atoms with Gasteiger partial charge < -0.3 is 0 Å². The van der Waals surface area contributed by atoms with Gasteiger partial charge in [0.2, 0.25) is 0 Å². The average Bonchev–Trinajstić information content (AvgIpc) is 3.35. The van der Waals surface area contributed by atoms with E-state index in [1.165, 1.54) is 97.8 Å². The van der Waals surface area contributed by atoms with Crippen LogP contribution in [0.4, 0.5) is 0 Å². The molecule has 0 saturated carbocycles. The second kappa shape index (κ2) is 21.8. The molecule has 0 heterocycles. The second-order valence-corrected chi connectivity index (χ2v) is 26.2. The number of rotatable bonds is 15. The maximum absolute atomic E-state index is 2.49. The molecule has 0 radical (unpaired) electrons. The van der Waals surface area contributed by atoms with Gasteiger partial charge >= 0.3 is 0 Å². The molecule has 9 aromatic rings. The smallest absolute Gasteiger partial charge is 0.00142 e. The van der Waals surface area contributed by atoms with E-state index in [4.69, 9.17) is 0 Å². The van der Waals surface area contributed by atoms with Gasteiger partial charge in [-0.1, -0.05) is 218 Å². The molecular weight excluding hydrogens is 881 g/mol. The first-order valence-electron chi connectivity index (χ1n) is 23.5. The molecule has 0 bridgehead atoms. The molecule has 0 unspecified atom stereocenters. The topological polar surface area (TPSA) is 0 Å². The predicted octanol–water partition coefficient (Wildman–Crippen LogP) is 13.2. The summed E-state index contributed by atoms with van der Waals surface area (Å²) in [5.74, 6) is 0. The molecule has 0 aromatic heterocycles. The van der Waals surface area contributed by atoms with E-state index in [1.54, 1.807) is 0 Å². The fourth-order valence-corrected chi connectivity index (χ4v) is 21.0. The van der Waals surface area contributed by atoms with Gasteiger partial charge in [0.25, 0.3) is 0 Å². The highest BCUT2D eigenvalue weighted by Gasteiger charge is 2.30. The molecular formula is C63H60P4. The highest BCUT2D eigenvalue weighted by Crippen LogP contribution is 2.48. The maximum atomic E-state index is 2.49. The van der Waals surface area contributed by atoms with Crippen LogP contribution in [0.5, 0.6) is 0 Å². The van der Waals surface area contributed by atoms with E-state index in [2.05, 4.69) is 260 Å². The number of benzene rings is 9. The van der Waals surface area contributed by atoms with Gasteiger partial charge in [-0.2, -0.15) is 0 Å². The summed E-state index contributed by atoms with van der Waals surface area (Å²) in [4.78, 5) is 0.